The summed E-state index contributed by atoms with van der Waals surface area (Å²) in [5.41, 5.74) is 0. The molecule has 2 aliphatic carbocycles. The van der Waals surface area contributed by atoms with Crippen LogP contribution in [0.15, 0.2) is 0 Å². The van der Waals surface area contributed by atoms with Crippen molar-refractivity contribution >= 4 is 0 Å². The molecule has 0 aromatic carbocycles. The Labute approximate surface area is 75.9 Å². The molecule has 70 valence electrons. The monoisotopic (exact) mass is 167 g/mol. The molecular weight excluding hydrogens is 146 g/mol. The number of hydrogen-bond donors (Lipinski definition) is 1. The van der Waals surface area contributed by atoms with E-state index >= 15 is 0 Å². The molecule has 2 fully saturated rings. The molecule has 12 heavy (non-hydrogen) atoms. The maximum absolute atomic E-state index is 3.69. The van der Waals surface area contributed by atoms with Crippen LogP contribution in [-0.4, -0.2) is 12.6 Å². The van der Waals surface area contributed by atoms with Gasteiger partial charge in [-0.3, -0.25) is 0 Å². The topological polar surface area (TPSA) is 12.0 Å². The van der Waals surface area contributed by atoms with E-state index in [2.05, 4.69) is 12.2 Å². The lowest BCUT2D eigenvalue weighted by Gasteiger charge is -2.20. The van der Waals surface area contributed by atoms with Gasteiger partial charge in [0.1, 0.15) is 0 Å². The zero-order valence-electron chi connectivity index (χ0n) is 8.18. The molecule has 2 rings (SSSR count). The van der Waals surface area contributed by atoms with Crippen LogP contribution in [0.4, 0.5) is 0 Å². The van der Waals surface area contributed by atoms with Crippen molar-refractivity contribution in [3.8, 4) is 0 Å². The molecule has 1 nitrogen and oxygen atoms in total. The van der Waals surface area contributed by atoms with E-state index in [1.807, 2.05) is 0 Å². The molecule has 0 spiro atoms. The second-order valence-electron chi connectivity index (χ2n) is 4.68. The molecular formula is C11H21N. The third-order valence-corrected chi connectivity index (χ3v) is 3.53. The highest BCUT2D eigenvalue weighted by atomic mass is 14.9. The van der Waals surface area contributed by atoms with Gasteiger partial charge in [0.05, 0.1) is 0 Å². The third-order valence-electron chi connectivity index (χ3n) is 3.53. The summed E-state index contributed by atoms with van der Waals surface area (Å²) in [6.45, 7) is 3.66. The van der Waals surface area contributed by atoms with Crippen LogP contribution < -0.4 is 5.32 Å². The van der Waals surface area contributed by atoms with Crippen LogP contribution in [0, 0.1) is 11.8 Å². The summed E-state index contributed by atoms with van der Waals surface area (Å²) in [7, 11) is 0. The number of nitrogens with one attached hydrogen (secondary N) is 1. The fourth-order valence-corrected chi connectivity index (χ4v) is 2.30. The van der Waals surface area contributed by atoms with E-state index < -0.39 is 0 Å². The average Bonchev–Trinajstić information content (AvgIpc) is 2.74. The molecule has 0 aromatic heterocycles. The molecule has 1 N–H and O–H groups in total. The summed E-state index contributed by atoms with van der Waals surface area (Å²) in [5, 5.41) is 3.69. The van der Waals surface area contributed by atoms with E-state index in [0.717, 1.165) is 17.9 Å². The van der Waals surface area contributed by atoms with Crippen molar-refractivity contribution in [1.82, 2.24) is 5.32 Å². The summed E-state index contributed by atoms with van der Waals surface area (Å²) in [6.07, 6.45) is 8.84. The second-order valence-corrected chi connectivity index (χ2v) is 4.68. The van der Waals surface area contributed by atoms with Gasteiger partial charge in [0.2, 0.25) is 0 Å². The first-order chi connectivity index (χ1) is 5.86. The Balaban J connectivity index is 1.64. The van der Waals surface area contributed by atoms with Crippen molar-refractivity contribution in [2.75, 3.05) is 6.54 Å². The molecule has 2 saturated carbocycles. The Morgan fingerprint density at radius 1 is 1.17 bits per heavy atom. The molecule has 0 saturated heterocycles. The molecule has 0 heterocycles. The van der Waals surface area contributed by atoms with Crippen LogP contribution in [0.25, 0.3) is 0 Å². The maximum atomic E-state index is 3.69. The predicted octanol–water partition coefficient (Wildman–Crippen LogP) is 2.56. The van der Waals surface area contributed by atoms with Gasteiger partial charge in [0.15, 0.2) is 0 Å². The van der Waals surface area contributed by atoms with Gasteiger partial charge in [-0.1, -0.05) is 12.8 Å². The van der Waals surface area contributed by atoms with E-state index in [9.17, 15) is 0 Å². The highest BCUT2D eigenvalue weighted by molar-refractivity contribution is 4.81. The van der Waals surface area contributed by atoms with Crippen LogP contribution in [0.5, 0.6) is 0 Å². The third kappa shape index (κ3) is 2.22. The van der Waals surface area contributed by atoms with E-state index in [4.69, 9.17) is 0 Å². The summed E-state index contributed by atoms with van der Waals surface area (Å²) in [5.74, 6) is 2.03. The average molecular weight is 167 g/mol. The SMILES string of the molecule is C[C@@H](NCC1CC1)C1CCCC1. The van der Waals surface area contributed by atoms with Crippen molar-refractivity contribution < 1.29 is 0 Å². The summed E-state index contributed by atoms with van der Waals surface area (Å²) in [6, 6.07) is 0.785. The maximum Gasteiger partial charge on any atom is 0.00671 e. The Morgan fingerprint density at radius 3 is 2.42 bits per heavy atom. The molecule has 1 heteroatoms. The van der Waals surface area contributed by atoms with Gasteiger partial charge in [-0.2, -0.15) is 0 Å². The zero-order valence-corrected chi connectivity index (χ0v) is 8.18. The van der Waals surface area contributed by atoms with Gasteiger partial charge in [-0.05, 0) is 51.0 Å². The molecule has 0 amide bonds. The van der Waals surface area contributed by atoms with Crippen molar-refractivity contribution in [2.24, 2.45) is 11.8 Å². The number of rotatable bonds is 4. The highest BCUT2D eigenvalue weighted by Crippen LogP contribution is 2.30. The summed E-state index contributed by atoms with van der Waals surface area (Å²) >= 11 is 0. The fraction of sp³-hybridized carbons (Fsp3) is 1.00. The van der Waals surface area contributed by atoms with Gasteiger partial charge in [0.25, 0.3) is 0 Å². The molecule has 0 bridgehead atoms. The van der Waals surface area contributed by atoms with Gasteiger partial charge in [-0.25, -0.2) is 0 Å². The van der Waals surface area contributed by atoms with Gasteiger partial charge in [0, 0.05) is 6.04 Å². The minimum absolute atomic E-state index is 0.785. The quantitative estimate of drug-likeness (QED) is 0.678. The van der Waals surface area contributed by atoms with Gasteiger partial charge in [-0.15, -0.1) is 0 Å². The van der Waals surface area contributed by atoms with Crippen LogP contribution in [0.1, 0.15) is 45.4 Å². The first kappa shape index (κ1) is 8.55. The van der Waals surface area contributed by atoms with Gasteiger partial charge < -0.3 is 5.32 Å². The highest BCUT2D eigenvalue weighted by Gasteiger charge is 2.25. The molecule has 0 aromatic rings. The Kier molecular flexibility index (Phi) is 2.69. The standard InChI is InChI=1S/C11H21N/c1-9(11-4-2-3-5-11)12-8-10-6-7-10/h9-12H,2-8H2,1H3/t9-/m1/s1. The zero-order chi connectivity index (χ0) is 8.39. The molecule has 1 atom stereocenters. The lowest BCUT2D eigenvalue weighted by molar-refractivity contribution is 0.377. The van der Waals surface area contributed by atoms with Crippen LogP contribution >= 0.6 is 0 Å². The van der Waals surface area contributed by atoms with Crippen LogP contribution in [0.3, 0.4) is 0 Å². The minimum atomic E-state index is 0.785. The summed E-state index contributed by atoms with van der Waals surface area (Å²) in [4.78, 5) is 0. The van der Waals surface area contributed by atoms with Crippen molar-refractivity contribution in [2.45, 2.75) is 51.5 Å². The van der Waals surface area contributed by atoms with Crippen LogP contribution in [-0.2, 0) is 0 Å². The molecule has 0 unspecified atom stereocenters. The fourth-order valence-electron chi connectivity index (χ4n) is 2.30. The molecule has 2 aliphatic rings. The normalized spacial score (nSPS) is 27.8. The largest absolute Gasteiger partial charge is 0.314 e. The predicted molar refractivity (Wildman–Crippen MR) is 52.1 cm³/mol. The Bertz CT molecular complexity index is 134. The Morgan fingerprint density at radius 2 is 1.83 bits per heavy atom. The van der Waals surface area contributed by atoms with Crippen molar-refractivity contribution in [1.29, 1.82) is 0 Å². The van der Waals surface area contributed by atoms with Crippen LogP contribution in [0.2, 0.25) is 0 Å². The minimum Gasteiger partial charge on any atom is -0.314 e. The summed E-state index contributed by atoms with van der Waals surface area (Å²) < 4.78 is 0. The molecule has 0 aliphatic heterocycles. The van der Waals surface area contributed by atoms with E-state index in [0.29, 0.717) is 0 Å². The van der Waals surface area contributed by atoms with E-state index in [1.54, 1.807) is 0 Å². The smallest absolute Gasteiger partial charge is 0.00671 e. The van der Waals surface area contributed by atoms with Gasteiger partial charge >= 0.3 is 0 Å². The first-order valence-electron chi connectivity index (χ1n) is 5.59. The first-order valence-corrected chi connectivity index (χ1v) is 5.59. The Hall–Kier alpha value is -0.0400. The van der Waals surface area contributed by atoms with Crippen molar-refractivity contribution in [3.63, 3.8) is 0 Å². The lowest BCUT2D eigenvalue weighted by atomic mass is 10.00. The second kappa shape index (κ2) is 3.78. The van der Waals surface area contributed by atoms with Crippen molar-refractivity contribution in [3.05, 3.63) is 0 Å². The molecule has 0 radical (unpaired) electrons. The van der Waals surface area contributed by atoms with E-state index in [1.165, 1.54) is 45.1 Å². The van der Waals surface area contributed by atoms with E-state index in [-0.39, 0.29) is 0 Å². The lowest BCUT2D eigenvalue weighted by Crippen LogP contribution is -2.33. The number of hydrogen-bond acceptors (Lipinski definition) is 1.